The molecule has 1 aliphatic carbocycles. The molecule has 3 N–H and O–H groups in total. The van der Waals surface area contributed by atoms with Crippen LogP contribution in [0.3, 0.4) is 0 Å². The fourth-order valence-corrected chi connectivity index (χ4v) is 2.38. The van der Waals surface area contributed by atoms with E-state index in [0.29, 0.717) is 12.1 Å². The Morgan fingerprint density at radius 2 is 2.28 bits per heavy atom. The molecule has 3 rings (SSSR count). The van der Waals surface area contributed by atoms with Crippen LogP contribution in [0.1, 0.15) is 28.8 Å². The Hall–Kier alpha value is -1.55. The monoisotopic (exact) mass is 246 g/mol. The molecule has 0 saturated heterocycles. The number of rotatable bonds is 4. The van der Waals surface area contributed by atoms with E-state index in [2.05, 4.69) is 10.6 Å². The normalized spacial score (nSPS) is 18.9. The largest absolute Gasteiger partial charge is 0.396 e. The highest BCUT2D eigenvalue weighted by Gasteiger charge is 2.42. The van der Waals surface area contributed by atoms with Crippen LogP contribution in [0.4, 0.5) is 5.69 Å². The van der Waals surface area contributed by atoms with Crippen molar-refractivity contribution in [1.82, 2.24) is 5.32 Å². The summed E-state index contributed by atoms with van der Waals surface area (Å²) in [6.07, 6.45) is 3.01. The first kappa shape index (κ1) is 11.5. The minimum Gasteiger partial charge on any atom is -0.396 e. The lowest BCUT2D eigenvalue weighted by atomic mass is 10.1. The van der Waals surface area contributed by atoms with Crippen molar-refractivity contribution >= 4 is 11.6 Å². The predicted molar refractivity (Wildman–Crippen MR) is 69.7 cm³/mol. The topological polar surface area (TPSA) is 61.4 Å². The highest BCUT2D eigenvalue weighted by molar-refractivity contribution is 5.95. The van der Waals surface area contributed by atoms with Crippen molar-refractivity contribution < 1.29 is 9.90 Å². The molecule has 96 valence electrons. The molecule has 1 aromatic carbocycles. The standard InChI is InChI=1S/C14H18N2O2/c17-9-14(4-5-14)8-16-13(18)11-1-2-12-10(7-11)3-6-15-12/h1-2,7,15,17H,3-6,8-9H2,(H,16,18). The summed E-state index contributed by atoms with van der Waals surface area (Å²) < 4.78 is 0. The molecule has 0 bridgehead atoms. The molecule has 4 heteroatoms. The molecule has 1 amide bonds. The molecule has 4 nitrogen and oxygen atoms in total. The summed E-state index contributed by atoms with van der Waals surface area (Å²) in [4.78, 5) is 12.0. The van der Waals surface area contributed by atoms with Gasteiger partial charge in [-0.15, -0.1) is 0 Å². The maximum Gasteiger partial charge on any atom is 0.251 e. The van der Waals surface area contributed by atoms with E-state index in [1.54, 1.807) is 0 Å². The number of anilines is 1. The van der Waals surface area contributed by atoms with Gasteiger partial charge in [0.25, 0.3) is 5.91 Å². The average molecular weight is 246 g/mol. The van der Waals surface area contributed by atoms with Crippen LogP contribution in [-0.4, -0.2) is 30.7 Å². The fraction of sp³-hybridized carbons (Fsp3) is 0.500. The third-order valence-corrected chi connectivity index (χ3v) is 3.99. The molecule has 1 saturated carbocycles. The first-order valence-electron chi connectivity index (χ1n) is 6.48. The summed E-state index contributed by atoms with van der Waals surface area (Å²) in [5, 5.41) is 15.4. The molecule has 18 heavy (non-hydrogen) atoms. The van der Waals surface area contributed by atoms with Gasteiger partial charge in [-0.2, -0.15) is 0 Å². The molecule has 0 unspecified atom stereocenters. The summed E-state index contributed by atoms with van der Waals surface area (Å²) in [5.74, 6) is -0.0376. The lowest BCUT2D eigenvalue weighted by Crippen LogP contribution is -2.31. The SMILES string of the molecule is O=C(NCC1(CO)CC1)c1ccc2c(c1)CCN2. The van der Waals surface area contributed by atoms with Gasteiger partial charge in [0, 0.05) is 29.8 Å². The van der Waals surface area contributed by atoms with E-state index in [9.17, 15) is 9.90 Å². The number of carbonyl (C=O) groups excluding carboxylic acids is 1. The molecule has 1 aliphatic heterocycles. The molecule has 1 heterocycles. The number of fused-ring (bicyclic) bond motifs is 1. The highest BCUT2D eigenvalue weighted by atomic mass is 16.3. The molecule has 0 radical (unpaired) electrons. The van der Waals surface area contributed by atoms with Crippen molar-refractivity contribution in [3.63, 3.8) is 0 Å². The quantitative estimate of drug-likeness (QED) is 0.747. The summed E-state index contributed by atoms with van der Waals surface area (Å²) in [7, 11) is 0. The van der Waals surface area contributed by atoms with Crippen LogP contribution in [0, 0.1) is 5.41 Å². The molecule has 0 aromatic heterocycles. The second-order valence-electron chi connectivity index (χ2n) is 5.39. The molecule has 1 fully saturated rings. The lowest BCUT2D eigenvalue weighted by Gasteiger charge is -2.13. The van der Waals surface area contributed by atoms with Gasteiger partial charge in [0.1, 0.15) is 0 Å². The van der Waals surface area contributed by atoms with Crippen LogP contribution < -0.4 is 10.6 Å². The van der Waals surface area contributed by atoms with Crippen LogP contribution in [0.25, 0.3) is 0 Å². The van der Waals surface area contributed by atoms with Gasteiger partial charge in [-0.25, -0.2) is 0 Å². The molecule has 2 aliphatic rings. The minimum absolute atomic E-state index is 0.0338. The van der Waals surface area contributed by atoms with E-state index in [0.717, 1.165) is 31.5 Å². The van der Waals surface area contributed by atoms with Crippen molar-refractivity contribution in [1.29, 1.82) is 0 Å². The van der Waals surface area contributed by atoms with E-state index in [4.69, 9.17) is 0 Å². The van der Waals surface area contributed by atoms with Gasteiger partial charge in [-0.1, -0.05) is 0 Å². The maximum absolute atomic E-state index is 12.0. The molecular weight excluding hydrogens is 228 g/mol. The number of hydrogen-bond donors (Lipinski definition) is 3. The third-order valence-electron chi connectivity index (χ3n) is 3.99. The number of aliphatic hydroxyl groups is 1. The zero-order chi connectivity index (χ0) is 12.6. The van der Waals surface area contributed by atoms with Crippen LogP contribution in [0.2, 0.25) is 0 Å². The van der Waals surface area contributed by atoms with Gasteiger partial charge in [0.2, 0.25) is 0 Å². The van der Waals surface area contributed by atoms with Gasteiger partial charge >= 0.3 is 0 Å². The van der Waals surface area contributed by atoms with E-state index in [1.165, 1.54) is 5.56 Å². The van der Waals surface area contributed by atoms with Crippen LogP contribution >= 0.6 is 0 Å². The number of nitrogens with one attached hydrogen (secondary N) is 2. The molecule has 1 aromatic rings. The first-order valence-corrected chi connectivity index (χ1v) is 6.48. The van der Waals surface area contributed by atoms with Gasteiger partial charge in [-0.05, 0) is 43.0 Å². The number of hydrogen-bond acceptors (Lipinski definition) is 3. The summed E-state index contributed by atoms with van der Waals surface area (Å²) >= 11 is 0. The van der Waals surface area contributed by atoms with Crippen LogP contribution in [-0.2, 0) is 6.42 Å². The smallest absolute Gasteiger partial charge is 0.251 e. The number of benzene rings is 1. The fourth-order valence-electron chi connectivity index (χ4n) is 2.38. The van der Waals surface area contributed by atoms with Crippen molar-refractivity contribution in [3.8, 4) is 0 Å². The van der Waals surface area contributed by atoms with Gasteiger partial charge in [-0.3, -0.25) is 4.79 Å². The summed E-state index contributed by atoms with van der Waals surface area (Å²) in [6.45, 7) is 1.70. The number of amides is 1. The predicted octanol–water partition coefficient (Wildman–Crippen LogP) is 1.16. The number of aliphatic hydroxyl groups excluding tert-OH is 1. The zero-order valence-corrected chi connectivity index (χ0v) is 10.3. The van der Waals surface area contributed by atoms with Gasteiger partial charge in [0.15, 0.2) is 0 Å². The Labute approximate surface area is 106 Å². The highest BCUT2D eigenvalue weighted by Crippen LogP contribution is 2.44. The molecule has 0 atom stereocenters. The lowest BCUT2D eigenvalue weighted by molar-refractivity contribution is 0.0935. The summed E-state index contributed by atoms with van der Waals surface area (Å²) in [6, 6.07) is 5.78. The van der Waals surface area contributed by atoms with E-state index < -0.39 is 0 Å². The average Bonchev–Trinajstić information content (AvgIpc) is 3.04. The van der Waals surface area contributed by atoms with Gasteiger partial charge in [0.05, 0.1) is 6.61 Å². The Kier molecular flexibility index (Phi) is 2.74. The second-order valence-corrected chi connectivity index (χ2v) is 5.39. The Bertz CT molecular complexity index is 481. The Morgan fingerprint density at radius 1 is 1.44 bits per heavy atom. The summed E-state index contributed by atoms with van der Waals surface area (Å²) in [5.41, 5.74) is 3.03. The Balaban J connectivity index is 1.65. The van der Waals surface area contributed by atoms with Crippen molar-refractivity contribution in [2.75, 3.05) is 25.0 Å². The second kappa shape index (κ2) is 4.28. The van der Waals surface area contributed by atoms with Gasteiger partial charge < -0.3 is 15.7 Å². The molecular formula is C14H18N2O2. The Morgan fingerprint density at radius 3 is 3.00 bits per heavy atom. The van der Waals surface area contributed by atoms with Crippen LogP contribution in [0.15, 0.2) is 18.2 Å². The van der Waals surface area contributed by atoms with Crippen LogP contribution in [0.5, 0.6) is 0 Å². The third kappa shape index (κ3) is 2.08. The first-order chi connectivity index (χ1) is 8.72. The molecule has 0 spiro atoms. The maximum atomic E-state index is 12.0. The zero-order valence-electron chi connectivity index (χ0n) is 10.3. The van der Waals surface area contributed by atoms with Crippen molar-refractivity contribution in [3.05, 3.63) is 29.3 Å². The van der Waals surface area contributed by atoms with E-state index in [-0.39, 0.29) is 17.9 Å². The minimum atomic E-state index is -0.0376. The van der Waals surface area contributed by atoms with Crippen molar-refractivity contribution in [2.24, 2.45) is 5.41 Å². The van der Waals surface area contributed by atoms with E-state index in [1.807, 2.05) is 18.2 Å². The van der Waals surface area contributed by atoms with Crippen molar-refractivity contribution in [2.45, 2.75) is 19.3 Å². The van der Waals surface area contributed by atoms with E-state index >= 15 is 0 Å². The number of carbonyl (C=O) groups is 1.